The average molecular weight is 448 g/mol. The summed E-state index contributed by atoms with van der Waals surface area (Å²) in [5.41, 5.74) is 0.497. The van der Waals surface area contributed by atoms with Crippen molar-refractivity contribution in [2.75, 3.05) is 0 Å². The summed E-state index contributed by atoms with van der Waals surface area (Å²) in [6.07, 6.45) is 0. The molecule has 158 valence electrons. The number of hydrogen-bond acceptors (Lipinski definition) is 8. The van der Waals surface area contributed by atoms with Crippen LogP contribution in [0.2, 0.25) is 0 Å². The number of fused-ring (bicyclic) bond motifs is 1. The molecule has 3 aromatic carbocycles. The maximum absolute atomic E-state index is 13.3. The van der Waals surface area contributed by atoms with Crippen LogP contribution in [0.15, 0.2) is 78.0 Å². The van der Waals surface area contributed by atoms with Gasteiger partial charge in [-0.15, -0.1) is 0 Å². The number of benzene rings is 3. The van der Waals surface area contributed by atoms with E-state index in [1.54, 1.807) is 24.3 Å². The van der Waals surface area contributed by atoms with E-state index in [1.165, 1.54) is 41.0 Å². The lowest BCUT2D eigenvalue weighted by molar-refractivity contribution is -0.385. The van der Waals surface area contributed by atoms with Crippen molar-refractivity contribution >= 4 is 45.2 Å². The summed E-state index contributed by atoms with van der Waals surface area (Å²) in [5, 5.41) is 21.6. The molecule has 10 nitrogen and oxygen atoms in total. The summed E-state index contributed by atoms with van der Waals surface area (Å²) in [7, 11) is 0. The molecule has 0 amide bonds. The molecule has 0 aliphatic rings. The molecule has 0 saturated carbocycles. The molecule has 1 aromatic heterocycles. The Hall–Kier alpha value is -4.38. The summed E-state index contributed by atoms with van der Waals surface area (Å²) in [6.45, 7) is 0. The van der Waals surface area contributed by atoms with E-state index in [4.69, 9.17) is 0 Å². The monoisotopic (exact) mass is 448 g/mol. The summed E-state index contributed by atoms with van der Waals surface area (Å²) < 4.78 is 1.20. The standard InChI is InChI=1S/C21H12N4O6S/c26-19(13-5-3-7-15(11-13)24(28)29)23-18-10-2-1-9-17(18)22-21(23)32-20(27)14-6-4-8-16(12-14)25(30)31/h1-12H. The van der Waals surface area contributed by atoms with Crippen molar-refractivity contribution in [3.63, 3.8) is 0 Å². The van der Waals surface area contributed by atoms with E-state index in [0.29, 0.717) is 22.8 Å². The second kappa shape index (κ2) is 8.40. The Kier molecular flexibility index (Phi) is 5.48. The van der Waals surface area contributed by atoms with Gasteiger partial charge in [-0.3, -0.25) is 34.4 Å². The number of imidazole rings is 1. The molecule has 0 N–H and O–H groups in total. The number of nitro groups is 2. The van der Waals surface area contributed by atoms with Gasteiger partial charge in [-0.1, -0.05) is 24.3 Å². The van der Waals surface area contributed by atoms with E-state index in [0.717, 1.165) is 12.1 Å². The highest BCUT2D eigenvalue weighted by molar-refractivity contribution is 8.14. The van der Waals surface area contributed by atoms with Gasteiger partial charge in [0.2, 0.25) is 5.12 Å². The lowest BCUT2D eigenvalue weighted by atomic mass is 10.2. The molecule has 32 heavy (non-hydrogen) atoms. The smallest absolute Gasteiger partial charge is 0.270 e. The van der Waals surface area contributed by atoms with Crippen LogP contribution in [-0.4, -0.2) is 30.4 Å². The van der Waals surface area contributed by atoms with E-state index in [2.05, 4.69) is 4.98 Å². The molecule has 0 fully saturated rings. The van der Waals surface area contributed by atoms with Gasteiger partial charge in [-0.2, -0.15) is 0 Å². The van der Waals surface area contributed by atoms with E-state index in [-0.39, 0.29) is 27.7 Å². The van der Waals surface area contributed by atoms with Crippen molar-refractivity contribution in [3.8, 4) is 0 Å². The van der Waals surface area contributed by atoms with Crippen molar-refractivity contribution in [1.82, 2.24) is 9.55 Å². The maximum atomic E-state index is 13.3. The highest BCUT2D eigenvalue weighted by Crippen LogP contribution is 2.29. The predicted octanol–water partition coefficient (Wildman–Crippen LogP) is 4.47. The largest absolute Gasteiger partial charge is 0.281 e. The number of carbonyl (C=O) groups excluding carboxylic acids is 2. The molecule has 1 heterocycles. The second-order valence-electron chi connectivity index (χ2n) is 6.53. The fraction of sp³-hybridized carbons (Fsp3) is 0. The highest BCUT2D eigenvalue weighted by Gasteiger charge is 2.23. The molecule has 0 radical (unpaired) electrons. The molecule has 4 rings (SSSR count). The molecule has 0 bridgehead atoms. The third kappa shape index (κ3) is 3.96. The van der Waals surface area contributed by atoms with Gasteiger partial charge in [0.05, 0.1) is 20.9 Å². The average Bonchev–Trinajstić information content (AvgIpc) is 3.16. The van der Waals surface area contributed by atoms with Crippen LogP contribution in [0.3, 0.4) is 0 Å². The Labute approximate surface area is 183 Å². The van der Waals surface area contributed by atoms with E-state index in [1.807, 2.05) is 0 Å². The third-order valence-corrected chi connectivity index (χ3v) is 5.39. The van der Waals surface area contributed by atoms with Gasteiger partial charge >= 0.3 is 0 Å². The zero-order valence-corrected chi connectivity index (χ0v) is 16.9. The number of thioether (sulfide) groups is 1. The van der Waals surface area contributed by atoms with Gasteiger partial charge in [-0.05, 0) is 36.0 Å². The summed E-state index contributed by atoms with van der Waals surface area (Å²) >= 11 is 0.639. The van der Waals surface area contributed by atoms with Gasteiger partial charge in [0, 0.05) is 35.4 Å². The van der Waals surface area contributed by atoms with Crippen molar-refractivity contribution in [1.29, 1.82) is 0 Å². The van der Waals surface area contributed by atoms with Gasteiger partial charge in [0.1, 0.15) is 0 Å². The topological polar surface area (TPSA) is 138 Å². The van der Waals surface area contributed by atoms with E-state index in [9.17, 15) is 29.8 Å². The Morgan fingerprint density at radius 1 is 0.812 bits per heavy atom. The van der Waals surface area contributed by atoms with E-state index < -0.39 is 20.9 Å². The minimum Gasteiger partial charge on any atom is -0.281 e. The number of para-hydroxylation sites is 2. The van der Waals surface area contributed by atoms with Crippen LogP contribution in [-0.2, 0) is 0 Å². The molecule has 4 aromatic rings. The SMILES string of the molecule is O=C(Sc1nc2ccccc2n1C(=O)c1cccc([N+](=O)[O-])c1)c1cccc([N+](=O)[O-])c1. The Morgan fingerprint density at radius 3 is 2.06 bits per heavy atom. The van der Waals surface area contributed by atoms with Crippen LogP contribution < -0.4 is 0 Å². The zero-order chi connectivity index (χ0) is 22.8. The summed E-state index contributed by atoms with van der Waals surface area (Å²) in [4.78, 5) is 51.3. The molecule has 0 aliphatic heterocycles. The van der Waals surface area contributed by atoms with Crippen LogP contribution >= 0.6 is 11.8 Å². The maximum Gasteiger partial charge on any atom is 0.270 e. The van der Waals surface area contributed by atoms with Gasteiger partial charge in [0.15, 0.2) is 5.16 Å². The number of rotatable bonds is 5. The normalized spacial score (nSPS) is 10.8. The Balaban J connectivity index is 1.77. The van der Waals surface area contributed by atoms with Crippen molar-refractivity contribution < 1.29 is 19.4 Å². The fourth-order valence-electron chi connectivity index (χ4n) is 3.04. The first-order valence-corrected chi connectivity index (χ1v) is 9.90. The summed E-state index contributed by atoms with van der Waals surface area (Å²) in [5.74, 6) is -0.600. The second-order valence-corrected chi connectivity index (χ2v) is 7.47. The molecule has 11 heteroatoms. The first-order chi connectivity index (χ1) is 15.3. The molecule has 0 saturated heterocycles. The predicted molar refractivity (Wildman–Crippen MR) is 116 cm³/mol. The number of non-ortho nitro benzene ring substituents is 2. The van der Waals surface area contributed by atoms with Crippen molar-refractivity contribution in [2.24, 2.45) is 0 Å². The minimum absolute atomic E-state index is 0.0409. The fourth-order valence-corrected chi connectivity index (χ4v) is 3.87. The Bertz CT molecular complexity index is 1410. The van der Waals surface area contributed by atoms with Gasteiger partial charge < -0.3 is 0 Å². The molecular formula is C21H12N4O6S. The first-order valence-electron chi connectivity index (χ1n) is 9.08. The van der Waals surface area contributed by atoms with Crippen LogP contribution in [0, 0.1) is 20.2 Å². The number of nitro benzene ring substituents is 2. The molecular weight excluding hydrogens is 436 g/mol. The van der Waals surface area contributed by atoms with Gasteiger partial charge in [0.25, 0.3) is 17.3 Å². The molecule has 0 atom stereocenters. The van der Waals surface area contributed by atoms with Crippen LogP contribution in [0.25, 0.3) is 11.0 Å². The van der Waals surface area contributed by atoms with Crippen LogP contribution in [0.4, 0.5) is 11.4 Å². The quantitative estimate of drug-likeness (QED) is 0.247. The van der Waals surface area contributed by atoms with Crippen molar-refractivity contribution in [2.45, 2.75) is 5.16 Å². The zero-order valence-electron chi connectivity index (χ0n) is 16.1. The lowest BCUT2D eigenvalue weighted by Gasteiger charge is -2.07. The van der Waals surface area contributed by atoms with Crippen LogP contribution in [0.1, 0.15) is 20.7 Å². The number of carbonyl (C=O) groups is 2. The minimum atomic E-state index is -0.609. The Morgan fingerprint density at radius 2 is 1.41 bits per heavy atom. The third-order valence-electron chi connectivity index (χ3n) is 4.51. The van der Waals surface area contributed by atoms with Crippen LogP contribution in [0.5, 0.6) is 0 Å². The number of hydrogen-bond donors (Lipinski definition) is 0. The van der Waals surface area contributed by atoms with Gasteiger partial charge in [-0.25, -0.2) is 4.98 Å². The summed E-state index contributed by atoms with van der Waals surface area (Å²) in [6, 6.07) is 17.2. The number of aromatic nitrogens is 2. The lowest BCUT2D eigenvalue weighted by Crippen LogP contribution is -2.14. The molecule has 0 spiro atoms. The highest BCUT2D eigenvalue weighted by atomic mass is 32.2. The van der Waals surface area contributed by atoms with E-state index >= 15 is 0 Å². The molecule has 0 unspecified atom stereocenters. The molecule has 0 aliphatic carbocycles. The van der Waals surface area contributed by atoms with Crippen molar-refractivity contribution in [3.05, 3.63) is 104 Å². The number of nitrogens with zero attached hydrogens (tertiary/aromatic N) is 4. The first kappa shape index (κ1) is 20.9.